The zero-order valence-corrected chi connectivity index (χ0v) is 35.3. The summed E-state index contributed by atoms with van der Waals surface area (Å²) >= 11 is 0. The molecule has 0 N–H and O–H groups in total. The number of aromatic nitrogens is 5. The van der Waals surface area contributed by atoms with E-state index in [0.717, 1.165) is 110 Å². The Bertz CT molecular complexity index is 4300. The Morgan fingerprint density at radius 1 is 0.348 bits per heavy atom. The molecule has 0 saturated carbocycles. The van der Waals surface area contributed by atoms with Crippen molar-refractivity contribution in [2.75, 3.05) is 0 Å². The summed E-state index contributed by atoms with van der Waals surface area (Å²) in [6.45, 7) is 0. The van der Waals surface area contributed by atoms with E-state index in [9.17, 15) is 0 Å². The first-order valence-corrected chi connectivity index (χ1v) is 22.1. The number of fused-ring (bicyclic) bond motifs is 12. The summed E-state index contributed by atoms with van der Waals surface area (Å²) in [5.41, 5.74) is 11.4. The van der Waals surface area contributed by atoms with Gasteiger partial charge in [-0.25, -0.2) is 14.5 Å². The van der Waals surface area contributed by atoms with E-state index in [4.69, 9.17) is 14.4 Å². The fraction of sp³-hybridized carbons (Fsp3) is 0. The molecule has 0 spiro atoms. The summed E-state index contributed by atoms with van der Waals surface area (Å²) in [4.78, 5) is 26.5. The average molecular weight is 846 g/mol. The van der Waals surface area contributed by atoms with Crippen molar-refractivity contribution in [2.24, 2.45) is 0 Å². The Morgan fingerprint density at radius 2 is 0.864 bits per heavy atom. The van der Waals surface area contributed by atoms with Gasteiger partial charge in [0.2, 0.25) is 5.95 Å². The molecule has 0 unspecified atom stereocenters. The molecule has 14 aromatic rings. The number of hydrogen-bond acceptors (Lipinski definition) is 4. The summed E-state index contributed by atoms with van der Waals surface area (Å²) in [7, 11) is 0. The van der Waals surface area contributed by atoms with Crippen LogP contribution in [0.5, 0.6) is 0 Å². The molecule has 0 amide bonds. The largest absolute Gasteiger partial charge is 0.456 e. The Labute approximate surface area is 376 Å². The minimum atomic E-state index is -0.214. The van der Waals surface area contributed by atoms with Crippen molar-refractivity contribution in [1.29, 1.82) is 0 Å². The standard InChI is InChI=1S/C59H35N5O2/c65-58-46-33-52-43(40-24-11-14-27-50(40)63(52)51-28-16-30-56-57(51)41-25-12-15-29-55(41)66-56)31-42(46)45-32-44-39-23-10-13-26-49(39)62(38-21-8-3-9-22-38)53(44)35-54(45)64(58)59-60-47(36-17-4-1-5-18-36)34-48(61-59)37-19-6-2-7-20-37/h1-35H. The molecule has 0 aliphatic carbocycles. The van der Waals surface area contributed by atoms with Crippen LogP contribution in [0.25, 0.3) is 127 Å². The fourth-order valence-electron chi connectivity index (χ4n) is 10.4. The van der Waals surface area contributed by atoms with Gasteiger partial charge in [-0.05, 0) is 78.2 Å². The predicted octanol–water partition coefficient (Wildman–Crippen LogP) is 14.4. The van der Waals surface area contributed by atoms with Crippen LogP contribution in [0, 0.1) is 0 Å². The molecule has 0 aliphatic heterocycles. The SMILES string of the molecule is O=c1c2cc3c(cc2c2cc4c5ccccc5n(-c5ccccc5)c4cc2n1-c1nc(-c2ccccc2)cc(-c2ccccc2)n1)c1ccccc1n3-c1cccc2oc3ccccc3c12. The zero-order chi connectivity index (χ0) is 43.5. The predicted molar refractivity (Wildman–Crippen MR) is 269 cm³/mol. The lowest BCUT2D eigenvalue weighted by Gasteiger charge is -2.16. The van der Waals surface area contributed by atoms with Crippen molar-refractivity contribution in [3.63, 3.8) is 0 Å². The topological polar surface area (TPSA) is 70.8 Å². The molecule has 5 heterocycles. The number of furan rings is 1. The van der Waals surface area contributed by atoms with Crippen LogP contribution < -0.4 is 5.56 Å². The second-order valence-corrected chi connectivity index (χ2v) is 16.9. The van der Waals surface area contributed by atoms with E-state index in [0.29, 0.717) is 16.9 Å². The summed E-state index contributed by atoms with van der Waals surface area (Å²) in [6, 6.07) is 72.8. The maximum atomic E-state index is 16.0. The third-order valence-corrected chi connectivity index (χ3v) is 13.3. The quantitative estimate of drug-likeness (QED) is 0.162. The minimum Gasteiger partial charge on any atom is -0.456 e. The molecule has 7 nitrogen and oxygen atoms in total. The number of rotatable bonds is 5. The van der Waals surface area contributed by atoms with Gasteiger partial charge in [0.25, 0.3) is 5.56 Å². The summed E-state index contributed by atoms with van der Waals surface area (Å²) < 4.78 is 12.7. The molecule has 14 rings (SSSR count). The van der Waals surface area contributed by atoms with Crippen molar-refractivity contribution in [3.05, 3.63) is 223 Å². The van der Waals surface area contributed by atoms with Gasteiger partial charge in [0.05, 0.1) is 55.4 Å². The highest BCUT2D eigenvalue weighted by molar-refractivity contribution is 6.22. The second kappa shape index (κ2) is 14.0. The molecule has 0 bridgehead atoms. The number of nitrogens with zero attached hydrogens (tertiary/aromatic N) is 5. The maximum absolute atomic E-state index is 16.0. The van der Waals surface area contributed by atoms with E-state index < -0.39 is 0 Å². The summed E-state index contributed by atoms with van der Waals surface area (Å²) in [5.74, 6) is 0.295. The van der Waals surface area contributed by atoms with E-state index in [2.05, 4.69) is 118 Å². The van der Waals surface area contributed by atoms with Gasteiger partial charge in [-0.2, -0.15) is 0 Å². The molecular weight excluding hydrogens is 811 g/mol. The molecule has 0 radical (unpaired) electrons. The smallest absolute Gasteiger partial charge is 0.265 e. The van der Waals surface area contributed by atoms with Crippen molar-refractivity contribution < 1.29 is 4.42 Å². The highest BCUT2D eigenvalue weighted by Crippen LogP contribution is 2.42. The molecule has 0 atom stereocenters. The highest BCUT2D eigenvalue weighted by Gasteiger charge is 2.24. The number of pyridine rings is 1. The van der Waals surface area contributed by atoms with Gasteiger partial charge in [-0.15, -0.1) is 0 Å². The lowest BCUT2D eigenvalue weighted by molar-refractivity contribution is 0.669. The van der Waals surface area contributed by atoms with Crippen LogP contribution in [0.2, 0.25) is 0 Å². The second-order valence-electron chi connectivity index (χ2n) is 16.9. The average Bonchev–Trinajstić information content (AvgIpc) is 4.03. The molecule has 0 aliphatic rings. The molecule has 308 valence electrons. The van der Waals surface area contributed by atoms with Crippen molar-refractivity contribution >= 4 is 87.2 Å². The van der Waals surface area contributed by atoms with Crippen molar-refractivity contribution in [2.45, 2.75) is 0 Å². The van der Waals surface area contributed by atoms with Crippen LogP contribution >= 0.6 is 0 Å². The number of hydrogen-bond donors (Lipinski definition) is 0. The third kappa shape index (κ3) is 5.28. The van der Waals surface area contributed by atoms with E-state index in [1.54, 1.807) is 4.57 Å². The van der Waals surface area contributed by atoms with Gasteiger partial charge < -0.3 is 13.6 Å². The number of benzene rings is 9. The van der Waals surface area contributed by atoms with Gasteiger partial charge in [0.15, 0.2) is 0 Å². The van der Waals surface area contributed by atoms with E-state index in [1.165, 1.54) is 0 Å². The molecule has 5 aromatic heterocycles. The van der Waals surface area contributed by atoms with Gasteiger partial charge in [0, 0.05) is 49.1 Å². The monoisotopic (exact) mass is 845 g/mol. The Kier molecular flexibility index (Phi) is 7.71. The van der Waals surface area contributed by atoms with Crippen molar-refractivity contribution in [3.8, 4) is 39.8 Å². The molecule has 9 aromatic carbocycles. The molecule has 66 heavy (non-hydrogen) atoms. The van der Waals surface area contributed by atoms with Crippen LogP contribution in [0.1, 0.15) is 0 Å². The first kappa shape index (κ1) is 36.4. The molecule has 7 heteroatoms. The van der Waals surface area contributed by atoms with Gasteiger partial charge >= 0.3 is 0 Å². The highest BCUT2D eigenvalue weighted by atomic mass is 16.3. The first-order valence-electron chi connectivity index (χ1n) is 22.1. The minimum absolute atomic E-state index is 0.214. The number of para-hydroxylation sites is 4. The van der Waals surface area contributed by atoms with Gasteiger partial charge in [0.1, 0.15) is 11.2 Å². The normalized spacial score (nSPS) is 12.0. The summed E-state index contributed by atoms with van der Waals surface area (Å²) in [5, 5.41) is 8.72. The van der Waals surface area contributed by atoms with Crippen LogP contribution in [-0.2, 0) is 0 Å². The zero-order valence-electron chi connectivity index (χ0n) is 35.3. The van der Waals surface area contributed by atoms with Crippen LogP contribution in [0.4, 0.5) is 0 Å². The van der Waals surface area contributed by atoms with Crippen LogP contribution in [0.3, 0.4) is 0 Å². The van der Waals surface area contributed by atoms with Gasteiger partial charge in [-0.1, -0.05) is 140 Å². The van der Waals surface area contributed by atoms with Gasteiger partial charge in [-0.3, -0.25) is 4.79 Å². The third-order valence-electron chi connectivity index (χ3n) is 13.3. The first-order chi connectivity index (χ1) is 32.7. The Hall–Kier alpha value is -9.07. The van der Waals surface area contributed by atoms with E-state index in [-0.39, 0.29) is 5.56 Å². The Morgan fingerprint density at radius 3 is 1.55 bits per heavy atom. The van der Waals surface area contributed by atoms with Crippen LogP contribution in [0.15, 0.2) is 222 Å². The van der Waals surface area contributed by atoms with E-state index in [1.807, 2.05) is 103 Å². The fourth-order valence-corrected chi connectivity index (χ4v) is 10.4. The maximum Gasteiger partial charge on any atom is 0.265 e. The molecule has 0 fully saturated rings. The Balaban J connectivity index is 1.16. The summed E-state index contributed by atoms with van der Waals surface area (Å²) in [6.07, 6.45) is 0. The lowest BCUT2D eigenvalue weighted by Crippen LogP contribution is -2.22. The van der Waals surface area contributed by atoms with Crippen LogP contribution in [-0.4, -0.2) is 23.7 Å². The lowest BCUT2D eigenvalue weighted by atomic mass is 10.0. The molecule has 0 saturated heterocycles. The van der Waals surface area contributed by atoms with E-state index >= 15 is 4.79 Å². The molecular formula is C59H35N5O2. The van der Waals surface area contributed by atoms with Crippen molar-refractivity contribution in [1.82, 2.24) is 23.7 Å².